The molecule has 1 aliphatic carbocycles. The van der Waals surface area contributed by atoms with Crippen molar-refractivity contribution in [2.75, 3.05) is 33.3 Å². The number of rotatable bonds is 4. The highest BCUT2D eigenvalue weighted by atomic mass is 16.5. The van der Waals surface area contributed by atoms with Crippen LogP contribution in [0.25, 0.3) is 0 Å². The molecule has 1 aliphatic heterocycles. The van der Waals surface area contributed by atoms with Crippen LogP contribution in [0.2, 0.25) is 0 Å². The van der Waals surface area contributed by atoms with Crippen LogP contribution in [0.1, 0.15) is 54.9 Å². The molecule has 0 bridgehead atoms. The molecule has 2 amide bonds. The molecule has 0 spiro atoms. The quantitative estimate of drug-likeness (QED) is 0.844. The summed E-state index contributed by atoms with van der Waals surface area (Å²) >= 11 is 0. The number of ether oxygens (including phenoxy) is 1. The number of carbonyl (C=O) groups is 2. The van der Waals surface area contributed by atoms with E-state index in [1.165, 1.54) is 0 Å². The van der Waals surface area contributed by atoms with Crippen molar-refractivity contribution in [1.29, 1.82) is 0 Å². The van der Waals surface area contributed by atoms with E-state index in [9.17, 15) is 9.59 Å². The minimum absolute atomic E-state index is 0.00660. The predicted octanol–water partition coefficient (Wildman–Crippen LogP) is 2.90. The fourth-order valence-corrected chi connectivity index (χ4v) is 3.34. The van der Waals surface area contributed by atoms with Gasteiger partial charge < -0.3 is 14.5 Å². The molecule has 3 rings (SSSR count). The molecule has 2 fully saturated rings. The van der Waals surface area contributed by atoms with Crippen molar-refractivity contribution < 1.29 is 14.3 Å². The van der Waals surface area contributed by atoms with Gasteiger partial charge in [-0.05, 0) is 42.9 Å². The maximum atomic E-state index is 13.0. The summed E-state index contributed by atoms with van der Waals surface area (Å²) in [5.41, 5.74) is 1.76. The first-order valence-corrected chi connectivity index (χ1v) is 9.27. The summed E-state index contributed by atoms with van der Waals surface area (Å²) in [4.78, 5) is 29.0. The van der Waals surface area contributed by atoms with E-state index in [0.717, 1.165) is 31.4 Å². The summed E-state index contributed by atoms with van der Waals surface area (Å²) in [5, 5.41) is 0. The first kappa shape index (κ1) is 17.8. The molecule has 5 nitrogen and oxygen atoms in total. The van der Waals surface area contributed by atoms with Gasteiger partial charge in [-0.15, -0.1) is 0 Å². The van der Waals surface area contributed by atoms with Gasteiger partial charge in [0.15, 0.2) is 0 Å². The summed E-state index contributed by atoms with van der Waals surface area (Å²) in [6.45, 7) is 6.90. The third-order valence-corrected chi connectivity index (χ3v) is 5.14. The summed E-state index contributed by atoms with van der Waals surface area (Å²) in [6, 6.07) is 5.83. The van der Waals surface area contributed by atoms with E-state index in [-0.39, 0.29) is 17.7 Å². The van der Waals surface area contributed by atoms with Crippen LogP contribution in [0.5, 0.6) is 5.75 Å². The Morgan fingerprint density at radius 2 is 1.76 bits per heavy atom. The molecule has 136 valence electrons. The van der Waals surface area contributed by atoms with Gasteiger partial charge in [0, 0.05) is 32.1 Å². The minimum atomic E-state index is -0.00660. The number of benzene rings is 1. The molecule has 1 heterocycles. The van der Waals surface area contributed by atoms with Crippen LogP contribution in [0.3, 0.4) is 0 Å². The molecule has 25 heavy (non-hydrogen) atoms. The van der Waals surface area contributed by atoms with Crippen LogP contribution in [0.4, 0.5) is 0 Å². The van der Waals surface area contributed by atoms with Gasteiger partial charge in [0.05, 0.1) is 12.7 Å². The molecule has 5 heteroatoms. The van der Waals surface area contributed by atoms with Gasteiger partial charge in [-0.25, -0.2) is 0 Å². The van der Waals surface area contributed by atoms with Crippen LogP contribution in [-0.2, 0) is 4.79 Å². The van der Waals surface area contributed by atoms with Crippen molar-refractivity contribution in [1.82, 2.24) is 9.80 Å². The highest BCUT2D eigenvalue weighted by Crippen LogP contribution is 2.31. The smallest absolute Gasteiger partial charge is 0.257 e. The van der Waals surface area contributed by atoms with E-state index in [1.807, 2.05) is 28.0 Å². The Hall–Kier alpha value is -2.04. The van der Waals surface area contributed by atoms with E-state index in [0.29, 0.717) is 36.9 Å². The van der Waals surface area contributed by atoms with E-state index in [4.69, 9.17) is 4.74 Å². The van der Waals surface area contributed by atoms with E-state index in [2.05, 4.69) is 13.8 Å². The van der Waals surface area contributed by atoms with Crippen LogP contribution >= 0.6 is 0 Å². The molecule has 0 N–H and O–H groups in total. The zero-order chi connectivity index (χ0) is 18.0. The number of hydrogen-bond acceptors (Lipinski definition) is 3. The molecule has 2 aliphatic rings. The maximum absolute atomic E-state index is 13.0. The largest absolute Gasteiger partial charge is 0.496 e. The van der Waals surface area contributed by atoms with Crippen molar-refractivity contribution >= 4 is 11.8 Å². The summed E-state index contributed by atoms with van der Waals surface area (Å²) in [5.74, 6) is 1.52. The number of carbonyl (C=O) groups excluding carboxylic acids is 2. The molecule has 1 saturated carbocycles. The fourth-order valence-electron chi connectivity index (χ4n) is 3.34. The highest BCUT2D eigenvalue weighted by Gasteiger charge is 2.34. The molecular weight excluding hydrogens is 316 g/mol. The Kier molecular flexibility index (Phi) is 5.30. The Labute approximate surface area is 149 Å². The molecule has 0 unspecified atom stereocenters. The molecule has 1 aromatic carbocycles. The van der Waals surface area contributed by atoms with Crippen LogP contribution < -0.4 is 4.74 Å². The number of amides is 2. The third kappa shape index (κ3) is 3.97. The Morgan fingerprint density at radius 1 is 1.08 bits per heavy atom. The number of hydrogen-bond donors (Lipinski definition) is 0. The van der Waals surface area contributed by atoms with Gasteiger partial charge in [0.25, 0.3) is 5.91 Å². The standard InChI is InChI=1S/C20H28N2O3/c1-14(2)16-7-8-17(18(13-16)25-3)20(24)22-10-4-9-21(11-12-22)19(23)15-5-6-15/h7-8,13-15H,4-6,9-12H2,1-3H3. The van der Waals surface area contributed by atoms with Gasteiger partial charge in [-0.1, -0.05) is 19.9 Å². The van der Waals surface area contributed by atoms with E-state index < -0.39 is 0 Å². The third-order valence-electron chi connectivity index (χ3n) is 5.14. The molecule has 1 aromatic rings. The summed E-state index contributed by atoms with van der Waals surface area (Å²) in [6.07, 6.45) is 2.88. The Morgan fingerprint density at radius 3 is 2.40 bits per heavy atom. The molecular formula is C20H28N2O3. The van der Waals surface area contributed by atoms with E-state index >= 15 is 0 Å². The Balaban J connectivity index is 1.71. The summed E-state index contributed by atoms with van der Waals surface area (Å²) < 4.78 is 5.47. The SMILES string of the molecule is COc1cc(C(C)C)ccc1C(=O)N1CCCN(C(=O)C2CC2)CC1. The van der Waals surface area contributed by atoms with Crippen molar-refractivity contribution in [2.45, 2.75) is 39.0 Å². The molecule has 0 atom stereocenters. The minimum Gasteiger partial charge on any atom is -0.496 e. The number of nitrogens with zero attached hydrogens (tertiary/aromatic N) is 2. The average molecular weight is 344 g/mol. The van der Waals surface area contributed by atoms with Gasteiger partial charge in [-0.3, -0.25) is 9.59 Å². The zero-order valence-electron chi connectivity index (χ0n) is 15.5. The topological polar surface area (TPSA) is 49.9 Å². The van der Waals surface area contributed by atoms with Crippen molar-refractivity contribution in [3.8, 4) is 5.75 Å². The van der Waals surface area contributed by atoms with Crippen LogP contribution in [0, 0.1) is 5.92 Å². The Bertz CT molecular complexity index is 652. The molecule has 0 aromatic heterocycles. The average Bonchev–Trinajstić information content (AvgIpc) is 3.46. The first-order valence-electron chi connectivity index (χ1n) is 9.27. The molecule has 0 radical (unpaired) electrons. The van der Waals surface area contributed by atoms with Crippen molar-refractivity contribution in [3.05, 3.63) is 29.3 Å². The lowest BCUT2D eigenvalue weighted by Crippen LogP contribution is -2.38. The zero-order valence-corrected chi connectivity index (χ0v) is 15.5. The van der Waals surface area contributed by atoms with Crippen LogP contribution in [0.15, 0.2) is 18.2 Å². The second-order valence-corrected chi connectivity index (χ2v) is 7.36. The molecule has 1 saturated heterocycles. The normalized spacial score (nSPS) is 18.2. The maximum Gasteiger partial charge on any atom is 0.257 e. The predicted molar refractivity (Wildman–Crippen MR) is 96.9 cm³/mol. The summed E-state index contributed by atoms with van der Waals surface area (Å²) in [7, 11) is 1.61. The van der Waals surface area contributed by atoms with Gasteiger partial charge in [0.1, 0.15) is 5.75 Å². The van der Waals surface area contributed by atoms with Crippen LogP contribution in [-0.4, -0.2) is 54.9 Å². The van der Waals surface area contributed by atoms with Gasteiger partial charge >= 0.3 is 0 Å². The first-order chi connectivity index (χ1) is 12.0. The van der Waals surface area contributed by atoms with Gasteiger partial charge in [-0.2, -0.15) is 0 Å². The lowest BCUT2D eigenvalue weighted by molar-refractivity contribution is -0.132. The number of methoxy groups -OCH3 is 1. The monoisotopic (exact) mass is 344 g/mol. The second kappa shape index (κ2) is 7.46. The fraction of sp³-hybridized carbons (Fsp3) is 0.600. The van der Waals surface area contributed by atoms with Gasteiger partial charge in [0.2, 0.25) is 5.91 Å². The lowest BCUT2D eigenvalue weighted by Gasteiger charge is -2.23. The van der Waals surface area contributed by atoms with Crippen molar-refractivity contribution in [2.24, 2.45) is 5.92 Å². The second-order valence-electron chi connectivity index (χ2n) is 7.36. The van der Waals surface area contributed by atoms with Crippen molar-refractivity contribution in [3.63, 3.8) is 0 Å². The van der Waals surface area contributed by atoms with E-state index in [1.54, 1.807) is 7.11 Å². The highest BCUT2D eigenvalue weighted by molar-refractivity contribution is 5.97. The lowest BCUT2D eigenvalue weighted by atomic mass is 10.0.